The average Bonchev–Trinajstić information content (AvgIpc) is 2.85. The molecular weight excluding hydrogens is 360 g/mol. The van der Waals surface area contributed by atoms with Gasteiger partial charge in [-0.3, -0.25) is 9.59 Å². The predicted octanol–water partition coefficient (Wildman–Crippen LogP) is 2.83. The number of hydrogen-bond donors (Lipinski definition) is 2. The largest absolute Gasteiger partial charge is 0.495 e. The molecule has 0 radical (unpaired) electrons. The monoisotopic (exact) mass is 372 g/mol. The number of para-hydroxylation sites is 2. The van der Waals surface area contributed by atoms with Crippen molar-refractivity contribution in [1.82, 2.24) is 0 Å². The maximum Gasteiger partial charge on any atom is 0.335 e. The summed E-state index contributed by atoms with van der Waals surface area (Å²) in [5.74, 6) is -2.02. The Balaban J connectivity index is 1.90. The van der Waals surface area contributed by atoms with Crippen molar-refractivity contribution in [3.63, 3.8) is 0 Å². The summed E-state index contributed by atoms with van der Waals surface area (Å²) >= 11 is 6.07. The van der Waals surface area contributed by atoms with Crippen LogP contribution in [0.1, 0.15) is 10.4 Å². The van der Waals surface area contributed by atoms with Gasteiger partial charge < -0.3 is 15.2 Å². The van der Waals surface area contributed by atoms with Gasteiger partial charge in [-0.05, 0) is 36.4 Å². The number of imide groups is 1. The number of carbonyl (C=O) groups excluding carboxylic acids is 2. The van der Waals surface area contributed by atoms with E-state index in [0.717, 1.165) is 4.90 Å². The molecule has 3 rings (SSSR count). The number of anilines is 2. The first-order valence-corrected chi connectivity index (χ1v) is 7.83. The van der Waals surface area contributed by atoms with Gasteiger partial charge in [0.25, 0.3) is 11.8 Å². The number of methoxy groups -OCH3 is 1. The molecule has 0 saturated heterocycles. The molecular formula is C18H13ClN2O5. The standard InChI is InChI=1S/C18H13ClN2O5/c1-26-13-5-3-2-4-12(13)21-16(22)14(19)15(17(21)23)20-11-8-6-10(7-9-11)18(24)25/h2-9,20H,1H3,(H,24,25). The third-order valence-electron chi connectivity index (χ3n) is 3.75. The molecule has 1 heterocycles. The highest BCUT2D eigenvalue weighted by Gasteiger charge is 2.40. The Morgan fingerprint density at radius 1 is 1.08 bits per heavy atom. The van der Waals surface area contributed by atoms with Crippen molar-refractivity contribution in [3.8, 4) is 5.75 Å². The lowest BCUT2D eigenvalue weighted by Gasteiger charge is -2.17. The van der Waals surface area contributed by atoms with E-state index in [0.29, 0.717) is 11.4 Å². The normalized spacial score (nSPS) is 14.0. The maximum atomic E-state index is 12.7. The number of benzene rings is 2. The van der Waals surface area contributed by atoms with Crippen LogP contribution in [0.25, 0.3) is 0 Å². The number of ether oxygens (including phenoxy) is 1. The van der Waals surface area contributed by atoms with Crippen molar-refractivity contribution >= 4 is 40.8 Å². The second kappa shape index (κ2) is 6.89. The Morgan fingerprint density at radius 2 is 1.73 bits per heavy atom. The summed E-state index contributed by atoms with van der Waals surface area (Å²) < 4.78 is 5.20. The minimum Gasteiger partial charge on any atom is -0.495 e. The molecule has 0 fully saturated rings. The van der Waals surface area contributed by atoms with Crippen LogP contribution in [0.5, 0.6) is 5.75 Å². The lowest BCUT2D eigenvalue weighted by Crippen LogP contribution is -2.32. The number of carbonyl (C=O) groups is 3. The van der Waals surface area contributed by atoms with E-state index in [4.69, 9.17) is 21.4 Å². The SMILES string of the molecule is COc1ccccc1N1C(=O)C(Cl)=C(Nc2ccc(C(=O)O)cc2)C1=O. The third-order valence-corrected chi connectivity index (χ3v) is 4.11. The van der Waals surface area contributed by atoms with Gasteiger partial charge in [0.05, 0.1) is 18.4 Å². The van der Waals surface area contributed by atoms with Crippen LogP contribution in [0.2, 0.25) is 0 Å². The second-order valence-corrected chi connectivity index (χ2v) is 5.69. The summed E-state index contributed by atoms with van der Waals surface area (Å²) in [6.07, 6.45) is 0. The Morgan fingerprint density at radius 3 is 2.35 bits per heavy atom. The van der Waals surface area contributed by atoms with Gasteiger partial charge in [0.2, 0.25) is 0 Å². The summed E-state index contributed by atoms with van der Waals surface area (Å²) in [6.45, 7) is 0. The molecule has 7 nitrogen and oxygen atoms in total. The summed E-state index contributed by atoms with van der Waals surface area (Å²) in [4.78, 5) is 37.0. The first-order valence-electron chi connectivity index (χ1n) is 7.46. The molecule has 0 spiro atoms. The van der Waals surface area contributed by atoms with E-state index < -0.39 is 17.8 Å². The number of hydrogen-bond acceptors (Lipinski definition) is 5. The molecule has 0 bridgehead atoms. The van der Waals surface area contributed by atoms with Gasteiger partial charge in [0.15, 0.2) is 0 Å². The zero-order valence-electron chi connectivity index (χ0n) is 13.5. The molecule has 0 unspecified atom stereocenters. The molecule has 1 aliphatic heterocycles. The first-order chi connectivity index (χ1) is 12.4. The lowest BCUT2D eigenvalue weighted by molar-refractivity contribution is -0.120. The number of carboxylic acids is 1. The van der Waals surface area contributed by atoms with Gasteiger partial charge in [0, 0.05) is 5.69 Å². The zero-order valence-corrected chi connectivity index (χ0v) is 14.3. The quantitative estimate of drug-likeness (QED) is 0.783. The molecule has 0 aliphatic carbocycles. The Bertz CT molecular complexity index is 937. The highest BCUT2D eigenvalue weighted by atomic mass is 35.5. The van der Waals surface area contributed by atoms with Gasteiger partial charge in [-0.25, -0.2) is 9.69 Å². The summed E-state index contributed by atoms with van der Waals surface area (Å²) in [5.41, 5.74) is 0.707. The number of nitrogens with one attached hydrogen (secondary N) is 1. The third kappa shape index (κ3) is 3.00. The van der Waals surface area contributed by atoms with E-state index >= 15 is 0 Å². The number of aromatic carboxylic acids is 1. The lowest BCUT2D eigenvalue weighted by atomic mass is 10.2. The van der Waals surface area contributed by atoms with Crippen LogP contribution in [-0.4, -0.2) is 30.0 Å². The van der Waals surface area contributed by atoms with Crippen LogP contribution in [0.15, 0.2) is 59.3 Å². The van der Waals surface area contributed by atoms with Gasteiger partial charge >= 0.3 is 5.97 Å². The summed E-state index contributed by atoms with van der Waals surface area (Å²) in [6, 6.07) is 12.3. The van der Waals surface area contributed by atoms with Gasteiger partial charge in [0.1, 0.15) is 16.5 Å². The van der Waals surface area contributed by atoms with E-state index in [1.54, 1.807) is 24.3 Å². The van der Waals surface area contributed by atoms with Gasteiger partial charge in [-0.2, -0.15) is 0 Å². The molecule has 2 aromatic rings. The smallest absolute Gasteiger partial charge is 0.335 e. The first kappa shape index (κ1) is 17.5. The van der Waals surface area contributed by atoms with Crippen molar-refractivity contribution in [2.75, 3.05) is 17.3 Å². The summed E-state index contributed by atoms with van der Waals surface area (Å²) in [7, 11) is 1.43. The molecule has 0 saturated carbocycles. The highest BCUT2D eigenvalue weighted by Crippen LogP contribution is 2.35. The van der Waals surface area contributed by atoms with Crippen LogP contribution in [0.3, 0.4) is 0 Å². The molecule has 8 heteroatoms. The Hall–Kier alpha value is -3.32. The Labute approximate surface area is 153 Å². The summed E-state index contributed by atoms with van der Waals surface area (Å²) in [5, 5.41) is 11.4. The fourth-order valence-corrected chi connectivity index (χ4v) is 2.70. The fraction of sp³-hybridized carbons (Fsp3) is 0.0556. The minimum atomic E-state index is -1.07. The molecule has 26 heavy (non-hydrogen) atoms. The maximum absolute atomic E-state index is 12.7. The fourth-order valence-electron chi connectivity index (χ4n) is 2.49. The van der Waals surface area contributed by atoms with Crippen LogP contribution in [0, 0.1) is 0 Å². The number of amides is 2. The van der Waals surface area contributed by atoms with E-state index in [1.165, 1.54) is 31.4 Å². The number of halogens is 1. The van der Waals surface area contributed by atoms with E-state index in [2.05, 4.69) is 5.32 Å². The molecule has 0 aromatic heterocycles. The topological polar surface area (TPSA) is 95.9 Å². The van der Waals surface area contributed by atoms with Crippen LogP contribution in [-0.2, 0) is 9.59 Å². The van der Waals surface area contributed by atoms with E-state index in [-0.39, 0.29) is 22.0 Å². The van der Waals surface area contributed by atoms with Gasteiger partial charge in [-0.15, -0.1) is 0 Å². The van der Waals surface area contributed by atoms with Crippen molar-refractivity contribution < 1.29 is 24.2 Å². The Kier molecular flexibility index (Phi) is 4.64. The predicted molar refractivity (Wildman–Crippen MR) is 95.4 cm³/mol. The second-order valence-electron chi connectivity index (χ2n) is 5.31. The number of rotatable bonds is 5. The van der Waals surface area contributed by atoms with Crippen LogP contribution in [0.4, 0.5) is 11.4 Å². The van der Waals surface area contributed by atoms with E-state index in [1.807, 2.05) is 0 Å². The van der Waals surface area contributed by atoms with Crippen molar-refractivity contribution in [1.29, 1.82) is 0 Å². The highest BCUT2D eigenvalue weighted by molar-refractivity contribution is 6.53. The number of carboxylic acid groups (broad SMARTS) is 1. The minimum absolute atomic E-state index is 0.0920. The molecule has 132 valence electrons. The van der Waals surface area contributed by atoms with Crippen LogP contribution >= 0.6 is 11.6 Å². The average molecular weight is 373 g/mol. The molecule has 2 amide bonds. The molecule has 2 aromatic carbocycles. The molecule has 0 atom stereocenters. The molecule has 2 N–H and O–H groups in total. The van der Waals surface area contributed by atoms with Gasteiger partial charge in [-0.1, -0.05) is 23.7 Å². The number of nitrogens with zero attached hydrogens (tertiary/aromatic N) is 1. The zero-order chi connectivity index (χ0) is 18.8. The van der Waals surface area contributed by atoms with Crippen molar-refractivity contribution in [2.45, 2.75) is 0 Å². The molecule has 1 aliphatic rings. The van der Waals surface area contributed by atoms with Crippen LogP contribution < -0.4 is 15.0 Å². The van der Waals surface area contributed by atoms with Crippen molar-refractivity contribution in [2.24, 2.45) is 0 Å². The van der Waals surface area contributed by atoms with Crippen molar-refractivity contribution in [3.05, 3.63) is 64.8 Å². The van der Waals surface area contributed by atoms with E-state index in [9.17, 15) is 14.4 Å².